The van der Waals surface area contributed by atoms with Crippen LogP contribution in [0, 0.1) is 0 Å². The Labute approximate surface area is 120 Å². The molecule has 0 atom stereocenters. The van der Waals surface area contributed by atoms with E-state index in [9.17, 15) is 0 Å². The van der Waals surface area contributed by atoms with E-state index >= 15 is 0 Å². The molecule has 0 aliphatic rings. The summed E-state index contributed by atoms with van der Waals surface area (Å²) in [5.41, 5.74) is 0. The van der Waals surface area contributed by atoms with Crippen LogP contribution in [0.3, 0.4) is 0 Å². The molecule has 0 saturated carbocycles. The molecule has 0 radical (unpaired) electrons. The molecule has 0 unspecified atom stereocenters. The van der Waals surface area contributed by atoms with Crippen molar-refractivity contribution in [2.24, 2.45) is 0 Å². The lowest BCUT2D eigenvalue weighted by atomic mass is 10.2. The average molecular weight is 313 g/mol. The van der Waals surface area contributed by atoms with Crippen molar-refractivity contribution < 1.29 is 0 Å². The molecule has 1 aromatic rings. The van der Waals surface area contributed by atoms with Crippen LogP contribution in [0.5, 0.6) is 0 Å². The van der Waals surface area contributed by atoms with Crippen LogP contribution in [-0.4, -0.2) is 18.1 Å². The molecule has 3 heteroatoms. The van der Waals surface area contributed by atoms with Gasteiger partial charge in [0.1, 0.15) is 5.82 Å². The quantitative estimate of drug-likeness (QED) is 0.594. The first-order valence-electron chi connectivity index (χ1n) is 7.14. The van der Waals surface area contributed by atoms with E-state index in [1.54, 1.807) is 0 Å². The van der Waals surface area contributed by atoms with E-state index < -0.39 is 0 Å². The standard InChI is InChI=1S/C15H25BrN2/c1-3-5-7-11-18(12-8-6-4-2)15-10-9-14(16)13-17-15/h9-10,13H,3-8,11-12H2,1-2H3. The van der Waals surface area contributed by atoms with Crippen LogP contribution in [0.1, 0.15) is 52.4 Å². The number of hydrogen-bond donors (Lipinski definition) is 0. The number of hydrogen-bond acceptors (Lipinski definition) is 2. The van der Waals surface area contributed by atoms with Gasteiger partial charge in [-0.15, -0.1) is 0 Å². The summed E-state index contributed by atoms with van der Waals surface area (Å²) in [6.45, 7) is 6.76. The molecule has 1 rings (SSSR count). The predicted molar refractivity (Wildman–Crippen MR) is 83.2 cm³/mol. The van der Waals surface area contributed by atoms with Crippen LogP contribution in [0.4, 0.5) is 5.82 Å². The Bertz CT molecular complexity index is 301. The summed E-state index contributed by atoms with van der Waals surface area (Å²) >= 11 is 3.44. The van der Waals surface area contributed by atoms with Crippen LogP contribution in [-0.2, 0) is 0 Å². The Balaban J connectivity index is 2.54. The Kier molecular flexibility index (Phi) is 8.06. The highest BCUT2D eigenvalue weighted by Crippen LogP contribution is 2.16. The monoisotopic (exact) mass is 312 g/mol. The zero-order valence-corrected chi connectivity index (χ0v) is 13.2. The number of nitrogens with zero attached hydrogens (tertiary/aromatic N) is 2. The van der Waals surface area contributed by atoms with E-state index in [2.05, 4.69) is 51.8 Å². The van der Waals surface area contributed by atoms with Crippen molar-refractivity contribution in [3.63, 3.8) is 0 Å². The number of aromatic nitrogens is 1. The fourth-order valence-electron chi connectivity index (χ4n) is 2.00. The summed E-state index contributed by atoms with van der Waals surface area (Å²) in [6.07, 6.45) is 9.58. The second-order valence-electron chi connectivity index (χ2n) is 4.74. The SMILES string of the molecule is CCCCCN(CCCCC)c1ccc(Br)cn1. The summed E-state index contributed by atoms with van der Waals surface area (Å²) in [7, 11) is 0. The van der Waals surface area contributed by atoms with Gasteiger partial charge in [-0.25, -0.2) is 4.98 Å². The zero-order valence-electron chi connectivity index (χ0n) is 11.7. The van der Waals surface area contributed by atoms with Gasteiger partial charge >= 0.3 is 0 Å². The lowest BCUT2D eigenvalue weighted by Crippen LogP contribution is -2.26. The molecule has 0 spiro atoms. The second-order valence-corrected chi connectivity index (χ2v) is 5.65. The van der Waals surface area contributed by atoms with Crippen molar-refractivity contribution in [2.45, 2.75) is 52.4 Å². The van der Waals surface area contributed by atoms with Crippen LogP contribution in [0.25, 0.3) is 0 Å². The molecule has 18 heavy (non-hydrogen) atoms. The highest BCUT2D eigenvalue weighted by atomic mass is 79.9. The third-order valence-electron chi connectivity index (χ3n) is 3.10. The first kappa shape index (κ1) is 15.5. The highest BCUT2D eigenvalue weighted by molar-refractivity contribution is 9.10. The lowest BCUT2D eigenvalue weighted by molar-refractivity contribution is 0.632. The molecule has 0 aromatic carbocycles. The van der Waals surface area contributed by atoms with E-state index in [1.165, 1.54) is 38.5 Å². The van der Waals surface area contributed by atoms with Crippen molar-refractivity contribution in [1.29, 1.82) is 0 Å². The fourth-order valence-corrected chi connectivity index (χ4v) is 2.24. The van der Waals surface area contributed by atoms with Crippen LogP contribution in [0.15, 0.2) is 22.8 Å². The summed E-state index contributed by atoms with van der Waals surface area (Å²) in [4.78, 5) is 6.94. The van der Waals surface area contributed by atoms with Gasteiger partial charge in [-0.2, -0.15) is 0 Å². The molecule has 102 valence electrons. The average Bonchev–Trinajstić information content (AvgIpc) is 2.38. The first-order valence-corrected chi connectivity index (χ1v) is 7.93. The molecule has 0 N–H and O–H groups in total. The number of halogens is 1. The van der Waals surface area contributed by atoms with Gasteiger partial charge in [0.05, 0.1) is 0 Å². The first-order chi connectivity index (χ1) is 8.77. The summed E-state index contributed by atoms with van der Waals surface area (Å²) in [5.74, 6) is 1.12. The molecule has 0 aliphatic carbocycles. The third-order valence-corrected chi connectivity index (χ3v) is 3.57. The summed E-state index contributed by atoms with van der Waals surface area (Å²) in [6, 6.07) is 4.19. The maximum absolute atomic E-state index is 4.52. The topological polar surface area (TPSA) is 16.1 Å². The van der Waals surface area contributed by atoms with Crippen molar-refractivity contribution in [1.82, 2.24) is 4.98 Å². The number of unbranched alkanes of at least 4 members (excludes halogenated alkanes) is 4. The number of rotatable bonds is 9. The Morgan fingerprint density at radius 1 is 1.00 bits per heavy atom. The highest BCUT2D eigenvalue weighted by Gasteiger charge is 2.06. The van der Waals surface area contributed by atoms with Crippen molar-refractivity contribution in [3.05, 3.63) is 22.8 Å². The van der Waals surface area contributed by atoms with Gasteiger partial charge in [0, 0.05) is 23.8 Å². The van der Waals surface area contributed by atoms with Crippen molar-refractivity contribution in [3.8, 4) is 0 Å². The van der Waals surface area contributed by atoms with E-state index in [0.29, 0.717) is 0 Å². The van der Waals surface area contributed by atoms with E-state index in [1.807, 2.05) is 6.20 Å². The van der Waals surface area contributed by atoms with Gasteiger partial charge < -0.3 is 4.90 Å². The largest absolute Gasteiger partial charge is 0.357 e. The van der Waals surface area contributed by atoms with Crippen LogP contribution >= 0.6 is 15.9 Å². The molecule has 0 amide bonds. The van der Waals surface area contributed by atoms with Gasteiger partial charge in [0.2, 0.25) is 0 Å². The summed E-state index contributed by atoms with van der Waals surface area (Å²) in [5, 5.41) is 0. The maximum Gasteiger partial charge on any atom is 0.128 e. The second kappa shape index (κ2) is 9.37. The van der Waals surface area contributed by atoms with Gasteiger partial charge in [-0.3, -0.25) is 0 Å². The molecule has 2 nitrogen and oxygen atoms in total. The Hall–Kier alpha value is -0.570. The Morgan fingerprint density at radius 3 is 2.06 bits per heavy atom. The van der Waals surface area contributed by atoms with Crippen molar-refractivity contribution in [2.75, 3.05) is 18.0 Å². The van der Waals surface area contributed by atoms with Gasteiger partial charge in [-0.05, 0) is 40.9 Å². The smallest absolute Gasteiger partial charge is 0.128 e. The minimum atomic E-state index is 1.05. The van der Waals surface area contributed by atoms with E-state index in [0.717, 1.165) is 23.4 Å². The predicted octanol–water partition coefficient (Wildman–Crippen LogP) is 5.03. The molecule has 1 aromatic heterocycles. The summed E-state index contributed by atoms with van der Waals surface area (Å²) < 4.78 is 1.05. The van der Waals surface area contributed by atoms with E-state index in [4.69, 9.17) is 0 Å². The molecule has 0 bridgehead atoms. The number of anilines is 1. The Morgan fingerprint density at radius 2 is 1.61 bits per heavy atom. The molecular weight excluding hydrogens is 288 g/mol. The molecule has 0 saturated heterocycles. The van der Waals surface area contributed by atoms with Gasteiger partial charge in [-0.1, -0.05) is 39.5 Å². The van der Waals surface area contributed by atoms with Gasteiger partial charge in [0.15, 0.2) is 0 Å². The third kappa shape index (κ3) is 5.85. The number of pyridine rings is 1. The molecular formula is C15H25BrN2. The normalized spacial score (nSPS) is 10.6. The lowest BCUT2D eigenvalue weighted by Gasteiger charge is -2.23. The van der Waals surface area contributed by atoms with Crippen LogP contribution in [0.2, 0.25) is 0 Å². The molecule has 1 heterocycles. The van der Waals surface area contributed by atoms with Crippen LogP contribution < -0.4 is 4.90 Å². The van der Waals surface area contributed by atoms with E-state index in [-0.39, 0.29) is 0 Å². The maximum atomic E-state index is 4.52. The minimum Gasteiger partial charge on any atom is -0.357 e. The molecule has 0 fully saturated rings. The van der Waals surface area contributed by atoms with Gasteiger partial charge in [0.25, 0.3) is 0 Å². The fraction of sp³-hybridized carbons (Fsp3) is 0.667. The minimum absolute atomic E-state index is 1.05. The molecule has 0 aliphatic heterocycles. The zero-order chi connectivity index (χ0) is 13.2. The van der Waals surface area contributed by atoms with Crippen molar-refractivity contribution >= 4 is 21.7 Å².